The molecule has 7 nitrogen and oxygen atoms in total. The second-order valence-corrected chi connectivity index (χ2v) is 7.22. The number of halogens is 6. The Kier molecular flexibility index (Phi) is 8.04. The largest absolute Gasteiger partial charge is 0.346 e. The molecule has 0 bridgehead atoms. The van der Waals surface area contributed by atoms with E-state index in [2.05, 4.69) is 0 Å². The molecule has 0 saturated heterocycles. The number of hydrogen-bond donors (Lipinski definition) is 1. The van der Waals surface area contributed by atoms with Gasteiger partial charge in [0.2, 0.25) is 11.6 Å². The van der Waals surface area contributed by atoms with Gasteiger partial charge in [0.05, 0.1) is 17.1 Å². The second-order valence-electron chi connectivity index (χ2n) is 4.51. The number of nitro groups is 1. The van der Waals surface area contributed by atoms with Crippen molar-refractivity contribution < 1.29 is 31.6 Å². The maximum Gasteiger partial charge on any atom is 0.346 e. The predicted molar refractivity (Wildman–Crippen MR) is 82.5 cm³/mol. The molecule has 1 rings (SSSR count). The average Bonchev–Trinajstić information content (AvgIpc) is 2.52. The molecule has 0 amide bonds. The van der Waals surface area contributed by atoms with E-state index in [0.717, 1.165) is 4.67 Å². The molecule has 1 unspecified atom stereocenters. The van der Waals surface area contributed by atoms with Crippen molar-refractivity contribution in [3.63, 3.8) is 0 Å². The molecular weight excluding hydrogens is 416 g/mol. The quantitative estimate of drug-likeness (QED) is 0.162. The van der Waals surface area contributed by atoms with Crippen molar-refractivity contribution in [2.24, 2.45) is 5.50 Å². The number of nitrogens with zero attached hydrogens (tertiary/aromatic N) is 2. The Morgan fingerprint density at radius 1 is 1.08 bits per heavy atom. The fourth-order valence-electron chi connectivity index (χ4n) is 1.78. The molecule has 0 spiro atoms. The molecule has 0 heterocycles. The first-order chi connectivity index (χ1) is 11.6. The molecule has 0 aliphatic rings. The topological polar surface area (TPSA) is 98.7 Å². The van der Waals surface area contributed by atoms with E-state index in [1.807, 2.05) is 0 Å². The first-order valence-electron chi connectivity index (χ1n) is 6.48. The van der Waals surface area contributed by atoms with Crippen molar-refractivity contribution in [2.45, 2.75) is 6.61 Å². The number of hydrogen-bond acceptors (Lipinski definition) is 4. The fourth-order valence-corrected chi connectivity index (χ4v) is 3.66. The van der Waals surface area contributed by atoms with Crippen LogP contribution >= 0.6 is 30.9 Å². The molecule has 1 aromatic rings. The Labute approximate surface area is 149 Å². The molecule has 0 saturated carbocycles. The summed E-state index contributed by atoms with van der Waals surface area (Å²) in [6.45, 7) is -1.33. The SMILES string of the molecule is NP(=O)(OCc1c(F)c(F)c([N+](=O)[O-])c(F)c1F)N(CCCl)CCCl. The summed E-state index contributed by atoms with van der Waals surface area (Å²) in [5, 5.41) is 10.5. The van der Waals surface area contributed by atoms with Crippen molar-refractivity contribution in [3.8, 4) is 0 Å². The standard InChI is InChI=1S/C11H12Cl2F4N3O4P/c12-1-3-19(4-2-13)25(18,23)24-5-6-7(14)9(16)11(20(21)22)10(17)8(6)15/h1-5H2,(H2,18,23). The Balaban J connectivity index is 3.16. The third-order valence-electron chi connectivity index (χ3n) is 2.99. The zero-order chi connectivity index (χ0) is 19.4. The molecule has 0 aliphatic carbocycles. The van der Waals surface area contributed by atoms with Crippen LogP contribution in [-0.4, -0.2) is 34.4 Å². The van der Waals surface area contributed by atoms with Crippen molar-refractivity contribution >= 4 is 36.6 Å². The molecule has 0 fully saturated rings. The van der Waals surface area contributed by atoms with Gasteiger partial charge in [0.15, 0.2) is 11.6 Å². The fraction of sp³-hybridized carbons (Fsp3) is 0.455. The van der Waals surface area contributed by atoms with Gasteiger partial charge in [-0.05, 0) is 0 Å². The summed E-state index contributed by atoms with van der Waals surface area (Å²) in [4.78, 5) is 8.86. The van der Waals surface area contributed by atoms with Crippen molar-refractivity contribution in [1.29, 1.82) is 0 Å². The third kappa shape index (κ3) is 5.02. The summed E-state index contributed by atoms with van der Waals surface area (Å²) in [7, 11) is -4.15. The molecule has 142 valence electrons. The van der Waals surface area contributed by atoms with E-state index >= 15 is 0 Å². The molecule has 1 atom stereocenters. The lowest BCUT2D eigenvalue weighted by atomic mass is 10.1. The molecular formula is C11H12Cl2F4N3O4P. The second kappa shape index (κ2) is 9.11. The predicted octanol–water partition coefficient (Wildman–Crippen LogP) is 3.51. The monoisotopic (exact) mass is 427 g/mol. The van der Waals surface area contributed by atoms with E-state index in [4.69, 9.17) is 33.2 Å². The zero-order valence-electron chi connectivity index (χ0n) is 12.4. The first-order valence-corrected chi connectivity index (χ1v) is 9.19. The highest BCUT2D eigenvalue weighted by atomic mass is 35.5. The zero-order valence-corrected chi connectivity index (χ0v) is 14.8. The van der Waals surface area contributed by atoms with Crippen LogP contribution in [0.4, 0.5) is 23.2 Å². The van der Waals surface area contributed by atoms with Crippen molar-refractivity contribution in [2.75, 3.05) is 24.8 Å². The van der Waals surface area contributed by atoms with Crippen molar-refractivity contribution in [3.05, 3.63) is 38.9 Å². The van der Waals surface area contributed by atoms with Crippen LogP contribution in [0.15, 0.2) is 0 Å². The summed E-state index contributed by atoms with van der Waals surface area (Å²) in [5.41, 5.74) is 2.12. The van der Waals surface area contributed by atoms with Gasteiger partial charge in [0.25, 0.3) is 0 Å². The van der Waals surface area contributed by atoms with Crippen LogP contribution in [0, 0.1) is 33.4 Å². The molecule has 1 aromatic carbocycles. The first kappa shape index (κ1) is 22.1. The van der Waals surface area contributed by atoms with Gasteiger partial charge in [0, 0.05) is 24.8 Å². The summed E-state index contributed by atoms with van der Waals surface area (Å²) in [6.07, 6.45) is 0. The van der Waals surface area contributed by atoms with E-state index in [0.29, 0.717) is 0 Å². The van der Waals surface area contributed by atoms with Gasteiger partial charge < -0.3 is 4.52 Å². The van der Waals surface area contributed by atoms with Crippen LogP contribution in [0.3, 0.4) is 0 Å². The Morgan fingerprint density at radius 3 is 1.88 bits per heavy atom. The molecule has 0 radical (unpaired) electrons. The van der Waals surface area contributed by atoms with Gasteiger partial charge >= 0.3 is 13.4 Å². The van der Waals surface area contributed by atoms with Crippen LogP contribution in [0.1, 0.15) is 5.56 Å². The highest BCUT2D eigenvalue weighted by Crippen LogP contribution is 2.44. The van der Waals surface area contributed by atoms with E-state index < -0.39 is 53.7 Å². The molecule has 0 aliphatic heterocycles. The lowest BCUT2D eigenvalue weighted by molar-refractivity contribution is -0.390. The third-order valence-corrected chi connectivity index (χ3v) is 5.01. The molecule has 25 heavy (non-hydrogen) atoms. The van der Waals surface area contributed by atoms with E-state index in [9.17, 15) is 32.2 Å². The van der Waals surface area contributed by atoms with E-state index in [1.54, 1.807) is 0 Å². The molecule has 14 heteroatoms. The minimum Gasteiger partial charge on any atom is -0.301 e. The maximum atomic E-state index is 13.8. The lowest BCUT2D eigenvalue weighted by Crippen LogP contribution is -2.29. The van der Waals surface area contributed by atoms with Crippen LogP contribution in [0.5, 0.6) is 0 Å². The summed E-state index contributed by atoms with van der Waals surface area (Å²) in [5.74, 6) is -8.57. The van der Waals surface area contributed by atoms with Crippen molar-refractivity contribution in [1.82, 2.24) is 4.67 Å². The van der Waals surface area contributed by atoms with Gasteiger partial charge in [-0.2, -0.15) is 8.78 Å². The maximum absolute atomic E-state index is 13.8. The minimum atomic E-state index is -4.15. The highest BCUT2D eigenvalue weighted by molar-refractivity contribution is 7.53. The van der Waals surface area contributed by atoms with Crippen LogP contribution in [0.2, 0.25) is 0 Å². The summed E-state index contributed by atoms with van der Waals surface area (Å²) >= 11 is 11.0. The van der Waals surface area contributed by atoms with Gasteiger partial charge in [-0.1, -0.05) is 0 Å². The Hall–Kier alpha value is -0.970. The normalized spacial score (nSPS) is 13.9. The van der Waals surface area contributed by atoms with Gasteiger partial charge in [-0.25, -0.2) is 19.0 Å². The van der Waals surface area contributed by atoms with E-state index in [1.165, 1.54) is 0 Å². The Bertz CT molecular complexity index is 677. The molecule has 0 aromatic heterocycles. The number of nitro benzene ring substituents is 1. The smallest absolute Gasteiger partial charge is 0.301 e. The molecule has 2 N–H and O–H groups in total. The highest BCUT2D eigenvalue weighted by Gasteiger charge is 2.34. The minimum absolute atomic E-state index is 0.0229. The summed E-state index contributed by atoms with van der Waals surface area (Å²) in [6, 6.07) is 0. The van der Waals surface area contributed by atoms with E-state index in [-0.39, 0.29) is 24.8 Å². The number of alkyl halides is 2. The average molecular weight is 428 g/mol. The Morgan fingerprint density at radius 2 is 1.52 bits per heavy atom. The van der Waals surface area contributed by atoms with Crippen LogP contribution in [0.25, 0.3) is 0 Å². The van der Waals surface area contributed by atoms with Crippen LogP contribution < -0.4 is 5.50 Å². The number of rotatable bonds is 9. The van der Waals surface area contributed by atoms with Gasteiger partial charge in [0.1, 0.15) is 0 Å². The summed E-state index contributed by atoms with van der Waals surface area (Å²) < 4.78 is 72.6. The lowest BCUT2D eigenvalue weighted by Gasteiger charge is -2.26. The number of benzene rings is 1. The number of nitrogens with two attached hydrogens (primary N) is 1. The van der Waals surface area contributed by atoms with Crippen LogP contribution in [-0.2, 0) is 15.7 Å². The van der Waals surface area contributed by atoms with Gasteiger partial charge in [-0.3, -0.25) is 14.7 Å². The van der Waals surface area contributed by atoms with Gasteiger partial charge in [-0.15, -0.1) is 23.2 Å².